The van der Waals surface area contributed by atoms with E-state index in [0.29, 0.717) is 5.75 Å². The molecule has 1 N–H and O–H groups in total. The molecule has 1 aliphatic rings. The average Bonchev–Trinajstić information content (AvgIpc) is 2.69. The summed E-state index contributed by atoms with van der Waals surface area (Å²) in [6, 6.07) is -0.746. The van der Waals surface area contributed by atoms with E-state index in [-0.39, 0.29) is 17.4 Å². The Labute approximate surface area is 113 Å². The summed E-state index contributed by atoms with van der Waals surface area (Å²) >= 11 is 1.51. The van der Waals surface area contributed by atoms with Crippen molar-refractivity contribution in [3.63, 3.8) is 0 Å². The fourth-order valence-electron chi connectivity index (χ4n) is 2.11. The summed E-state index contributed by atoms with van der Waals surface area (Å²) in [5, 5.41) is 9.07. The number of rotatable bonds is 4. The molecule has 1 heterocycles. The maximum absolute atomic E-state index is 12.4. The van der Waals surface area contributed by atoms with Crippen molar-refractivity contribution in [3.05, 3.63) is 0 Å². The van der Waals surface area contributed by atoms with Gasteiger partial charge < -0.3 is 10.0 Å². The third-order valence-electron chi connectivity index (χ3n) is 3.40. The topological polar surface area (TPSA) is 60.9 Å². The van der Waals surface area contributed by atoms with Gasteiger partial charge in [0, 0.05) is 18.8 Å². The molecule has 3 unspecified atom stereocenters. The Balaban J connectivity index is 2.77. The van der Waals surface area contributed by atoms with Crippen LogP contribution in [0.15, 0.2) is 0 Å². The molecule has 0 aromatic heterocycles. The molecule has 2 amide bonds. The molecule has 1 aliphatic heterocycles. The van der Waals surface area contributed by atoms with Crippen LogP contribution in [0.5, 0.6) is 0 Å². The van der Waals surface area contributed by atoms with Crippen LogP contribution in [0.25, 0.3) is 0 Å². The zero-order chi connectivity index (χ0) is 13.9. The maximum Gasteiger partial charge on any atom is 0.327 e. The van der Waals surface area contributed by atoms with Crippen LogP contribution in [0.1, 0.15) is 33.6 Å². The summed E-state index contributed by atoms with van der Waals surface area (Å²) in [6.45, 7) is 5.94. The molecule has 0 aliphatic carbocycles. The number of hydrogen-bond acceptors (Lipinski definition) is 3. The van der Waals surface area contributed by atoms with E-state index in [1.54, 1.807) is 11.9 Å². The third kappa shape index (κ3) is 3.10. The number of nitrogens with zero attached hydrogens (tertiary/aromatic N) is 2. The number of urea groups is 1. The van der Waals surface area contributed by atoms with Gasteiger partial charge in [-0.3, -0.25) is 4.90 Å². The number of thioether (sulfide) groups is 1. The Kier molecular flexibility index (Phi) is 5.31. The molecule has 0 spiro atoms. The van der Waals surface area contributed by atoms with Crippen molar-refractivity contribution < 1.29 is 14.7 Å². The summed E-state index contributed by atoms with van der Waals surface area (Å²) in [6.07, 6.45) is 1.93. The second-order valence-electron chi connectivity index (χ2n) is 4.73. The summed E-state index contributed by atoms with van der Waals surface area (Å²) in [4.78, 5) is 26.7. The second-order valence-corrected chi connectivity index (χ2v) is 6.07. The van der Waals surface area contributed by atoms with Crippen molar-refractivity contribution in [3.8, 4) is 0 Å². The Hall–Kier alpha value is -0.910. The summed E-state index contributed by atoms with van der Waals surface area (Å²) in [5.74, 6) is -0.449. The first-order valence-corrected chi connectivity index (χ1v) is 7.34. The molecular weight excluding hydrogens is 252 g/mol. The van der Waals surface area contributed by atoms with Gasteiger partial charge in [-0.2, -0.15) is 0 Å². The largest absolute Gasteiger partial charge is 0.480 e. The SMILES string of the molecule is CCCC(C)N(C)C(=O)N1C(C)SCC1C(=O)O. The van der Waals surface area contributed by atoms with E-state index in [9.17, 15) is 9.59 Å². The van der Waals surface area contributed by atoms with Crippen molar-refractivity contribution >= 4 is 23.8 Å². The van der Waals surface area contributed by atoms with Gasteiger partial charge in [0.1, 0.15) is 6.04 Å². The molecule has 1 fully saturated rings. The van der Waals surface area contributed by atoms with Crippen LogP contribution in [0, 0.1) is 0 Å². The molecular formula is C12H22N2O3S. The average molecular weight is 274 g/mol. The van der Waals surface area contributed by atoms with Crippen molar-refractivity contribution in [1.29, 1.82) is 0 Å². The maximum atomic E-state index is 12.4. The van der Waals surface area contributed by atoms with Crippen LogP contribution in [-0.2, 0) is 4.79 Å². The number of aliphatic carboxylic acids is 1. The highest BCUT2D eigenvalue weighted by Crippen LogP contribution is 2.30. The number of hydrogen-bond donors (Lipinski definition) is 1. The van der Waals surface area contributed by atoms with E-state index in [4.69, 9.17) is 5.11 Å². The minimum Gasteiger partial charge on any atom is -0.480 e. The lowest BCUT2D eigenvalue weighted by Crippen LogP contribution is -2.52. The van der Waals surface area contributed by atoms with E-state index >= 15 is 0 Å². The van der Waals surface area contributed by atoms with Gasteiger partial charge in [0.05, 0.1) is 5.37 Å². The number of amides is 2. The molecule has 6 heteroatoms. The van der Waals surface area contributed by atoms with Crippen molar-refractivity contribution in [1.82, 2.24) is 9.80 Å². The van der Waals surface area contributed by atoms with Crippen molar-refractivity contribution in [2.45, 2.75) is 51.1 Å². The first kappa shape index (κ1) is 15.1. The predicted octanol–water partition coefficient (Wildman–Crippen LogP) is 2.07. The third-order valence-corrected chi connectivity index (χ3v) is 4.62. The molecule has 1 rings (SSSR count). The molecule has 0 saturated carbocycles. The lowest BCUT2D eigenvalue weighted by molar-refractivity contribution is -0.141. The van der Waals surface area contributed by atoms with Gasteiger partial charge in [0.15, 0.2) is 0 Å². The molecule has 1 saturated heterocycles. The van der Waals surface area contributed by atoms with E-state index < -0.39 is 12.0 Å². The zero-order valence-corrected chi connectivity index (χ0v) is 12.2. The van der Waals surface area contributed by atoms with E-state index in [1.807, 2.05) is 13.8 Å². The lowest BCUT2D eigenvalue weighted by atomic mass is 10.2. The second kappa shape index (κ2) is 6.31. The molecule has 3 atom stereocenters. The number of carboxylic acids is 1. The Bertz CT molecular complexity index is 324. The quantitative estimate of drug-likeness (QED) is 0.852. The van der Waals surface area contributed by atoms with Crippen LogP contribution in [-0.4, -0.2) is 57.2 Å². The van der Waals surface area contributed by atoms with Crippen LogP contribution in [0.4, 0.5) is 4.79 Å². The molecule has 0 radical (unpaired) electrons. The van der Waals surface area contributed by atoms with Gasteiger partial charge in [-0.25, -0.2) is 9.59 Å². The predicted molar refractivity (Wildman–Crippen MR) is 72.7 cm³/mol. The highest BCUT2D eigenvalue weighted by molar-refractivity contribution is 8.00. The molecule has 104 valence electrons. The summed E-state index contributed by atoms with van der Waals surface area (Å²) < 4.78 is 0. The van der Waals surface area contributed by atoms with E-state index in [1.165, 1.54) is 16.7 Å². The van der Waals surface area contributed by atoms with Crippen LogP contribution in [0.3, 0.4) is 0 Å². The fourth-order valence-corrected chi connectivity index (χ4v) is 3.27. The Morgan fingerprint density at radius 3 is 2.67 bits per heavy atom. The fraction of sp³-hybridized carbons (Fsp3) is 0.833. The van der Waals surface area contributed by atoms with Gasteiger partial charge in [-0.15, -0.1) is 11.8 Å². The molecule has 18 heavy (non-hydrogen) atoms. The number of carbonyl (C=O) groups is 2. The van der Waals surface area contributed by atoms with Crippen LogP contribution < -0.4 is 0 Å². The normalized spacial score (nSPS) is 25.0. The zero-order valence-electron chi connectivity index (χ0n) is 11.4. The van der Waals surface area contributed by atoms with Gasteiger partial charge in [-0.05, 0) is 20.3 Å². The lowest BCUT2D eigenvalue weighted by Gasteiger charge is -2.33. The van der Waals surface area contributed by atoms with Crippen molar-refractivity contribution in [2.24, 2.45) is 0 Å². The first-order valence-electron chi connectivity index (χ1n) is 6.29. The standard InChI is InChI=1S/C12H22N2O3S/c1-5-6-8(2)13(4)12(17)14-9(3)18-7-10(14)11(15)16/h8-10H,5-7H2,1-4H3,(H,15,16). The highest BCUT2D eigenvalue weighted by atomic mass is 32.2. The number of carboxylic acid groups (broad SMARTS) is 1. The Morgan fingerprint density at radius 1 is 1.56 bits per heavy atom. The van der Waals surface area contributed by atoms with Crippen LogP contribution in [0.2, 0.25) is 0 Å². The molecule has 0 aromatic rings. The smallest absolute Gasteiger partial charge is 0.327 e. The first-order chi connectivity index (χ1) is 8.40. The molecule has 5 nitrogen and oxygen atoms in total. The van der Waals surface area contributed by atoms with E-state index in [2.05, 4.69) is 6.92 Å². The molecule has 0 bridgehead atoms. The summed E-state index contributed by atoms with van der Waals surface area (Å²) in [5.41, 5.74) is 0. The van der Waals surface area contributed by atoms with Gasteiger partial charge in [-0.1, -0.05) is 13.3 Å². The van der Waals surface area contributed by atoms with Gasteiger partial charge in [0.25, 0.3) is 0 Å². The Morgan fingerprint density at radius 2 is 2.17 bits per heavy atom. The monoisotopic (exact) mass is 274 g/mol. The van der Waals surface area contributed by atoms with E-state index in [0.717, 1.165) is 12.8 Å². The van der Waals surface area contributed by atoms with Gasteiger partial charge in [0.2, 0.25) is 0 Å². The summed E-state index contributed by atoms with van der Waals surface area (Å²) in [7, 11) is 1.75. The minimum absolute atomic E-state index is 0.0742. The van der Waals surface area contributed by atoms with Crippen LogP contribution >= 0.6 is 11.8 Å². The number of carbonyl (C=O) groups excluding carboxylic acids is 1. The highest BCUT2D eigenvalue weighted by Gasteiger charge is 2.41. The molecule has 0 aromatic carbocycles. The van der Waals surface area contributed by atoms with Gasteiger partial charge >= 0.3 is 12.0 Å². The van der Waals surface area contributed by atoms with Crippen molar-refractivity contribution in [2.75, 3.05) is 12.8 Å². The minimum atomic E-state index is -0.920.